The van der Waals surface area contributed by atoms with Crippen molar-refractivity contribution in [3.05, 3.63) is 0 Å². The van der Waals surface area contributed by atoms with E-state index >= 15 is 0 Å². The standard InChI is InChI=1S/C9H15NS/c1-2-8-5-7(1)6-9(8)10-3-4-11-9/h7-8,10H,1-6H2. The summed E-state index contributed by atoms with van der Waals surface area (Å²) in [5, 5.41) is 3.73. The van der Waals surface area contributed by atoms with E-state index in [1.54, 1.807) is 0 Å². The van der Waals surface area contributed by atoms with Crippen LogP contribution < -0.4 is 5.32 Å². The minimum Gasteiger partial charge on any atom is -0.302 e. The second kappa shape index (κ2) is 2.17. The highest BCUT2D eigenvalue weighted by Crippen LogP contribution is 2.56. The molecule has 1 spiro atoms. The molecule has 2 bridgehead atoms. The summed E-state index contributed by atoms with van der Waals surface area (Å²) in [6, 6.07) is 0. The van der Waals surface area contributed by atoms with Crippen LogP contribution in [0.5, 0.6) is 0 Å². The second-order valence-electron chi connectivity index (χ2n) is 4.24. The van der Waals surface area contributed by atoms with Crippen LogP contribution in [-0.2, 0) is 0 Å². The van der Waals surface area contributed by atoms with E-state index in [4.69, 9.17) is 0 Å². The fourth-order valence-electron chi connectivity index (χ4n) is 3.22. The topological polar surface area (TPSA) is 12.0 Å². The van der Waals surface area contributed by atoms with Crippen LogP contribution in [0.3, 0.4) is 0 Å². The Kier molecular flexibility index (Phi) is 1.34. The zero-order valence-electron chi connectivity index (χ0n) is 6.81. The number of rotatable bonds is 0. The summed E-state index contributed by atoms with van der Waals surface area (Å²) in [4.78, 5) is 0.572. The lowest BCUT2D eigenvalue weighted by molar-refractivity contribution is 0.333. The van der Waals surface area contributed by atoms with Gasteiger partial charge in [-0.2, -0.15) is 0 Å². The molecule has 0 aromatic carbocycles. The normalized spacial score (nSPS) is 54.5. The Morgan fingerprint density at radius 1 is 1.36 bits per heavy atom. The van der Waals surface area contributed by atoms with Crippen molar-refractivity contribution >= 4 is 11.8 Å². The Morgan fingerprint density at radius 2 is 2.36 bits per heavy atom. The molecule has 62 valence electrons. The molecule has 2 saturated carbocycles. The minimum absolute atomic E-state index is 0.572. The van der Waals surface area contributed by atoms with Gasteiger partial charge in [-0.3, -0.25) is 0 Å². The van der Waals surface area contributed by atoms with E-state index in [-0.39, 0.29) is 0 Å². The maximum Gasteiger partial charge on any atom is 0.0677 e. The van der Waals surface area contributed by atoms with Crippen molar-refractivity contribution in [2.75, 3.05) is 12.3 Å². The number of hydrogen-bond donors (Lipinski definition) is 1. The summed E-state index contributed by atoms with van der Waals surface area (Å²) in [5.41, 5.74) is 0. The molecule has 3 atom stereocenters. The zero-order valence-corrected chi connectivity index (χ0v) is 7.62. The molecule has 0 aromatic heterocycles. The molecule has 1 nitrogen and oxygen atoms in total. The first kappa shape index (κ1) is 6.79. The highest BCUT2D eigenvalue weighted by atomic mass is 32.2. The van der Waals surface area contributed by atoms with Crippen LogP contribution in [0.15, 0.2) is 0 Å². The van der Waals surface area contributed by atoms with Gasteiger partial charge in [-0.05, 0) is 37.5 Å². The third-order valence-corrected chi connectivity index (χ3v) is 5.25. The molecular formula is C9H15NS. The summed E-state index contributed by atoms with van der Waals surface area (Å²) >= 11 is 2.20. The van der Waals surface area contributed by atoms with Gasteiger partial charge < -0.3 is 5.32 Å². The first-order valence-corrected chi connectivity index (χ1v) is 5.77. The molecule has 3 unspecified atom stereocenters. The third kappa shape index (κ3) is 0.829. The van der Waals surface area contributed by atoms with Gasteiger partial charge in [0.1, 0.15) is 0 Å². The van der Waals surface area contributed by atoms with Crippen molar-refractivity contribution in [1.82, 2.24) is 5.32 Å². The molecule has 1 N–H and O–H groups in total. The largest absolute Gasteiger partial charge is 0.302 e. The summed E-state index contributed by atoms with van der Waals surface area (Å²) in [6.45, 7) is 1.26. The maximum atomic E-state index is 3.73. The van der Waals surface area contributed by atoms with Crippen molar-refractivity contribution in [3.8, 4) is 0 Å². The summed E-state index contributed by atoms with van der Waals surface area (Å²) in [5.74, 6) is 3.46. The lowest BCUT2D eigenvalue weighted by Crippen LogP contribution is -2.41. The van der Waals surface area contributed by atoms with E-state index < -0.39 is 0 Å². The predicted octanol–water partition coefficient (Wildman–Crippen LogP) is 1.84. The van der Waals surface area contributed by atoms with Crippen LogP contribution in [-0.4, -0.2) is 17.2 Å². The fraction of sp³-hybridized carbons (Fsp3) is 1.00. The molecule has 3 fully saturated rings. The van der Waals surface area contributed by atoms with Crippen LogP contribution in [0.2, 0.25) is 0 Å². The Balaban J connectivity index is 1.88. The Morgan fingerprint density at radius 3 is 2.91 bits per heavy atom. The molecule has 1 aliphatic heterocycles. The summed E-state index contributed by atoms with van der Waals surface area (Å²) in [6.07, 6.45) is 6.03. The smallest absolute Gasteiger partial charge is 0.0677 e. The monoisotopic (exact) mass is 169 g/mol. The molecule has 3 aliphatic rings. The van der Waals surface area contributed by atoms with Gasteiger partial charge in [0.25, 0.3) is 0 Å². The molecule has 3 rings (SSSR count). The van der Waals surface area contributed by atoms with Crippen LogP contribution in [0, 0.1) is 11.8 Å². The van der Waals surface area contributed by atoms with E-state index in [0.717, 1.165) is 11.8 Å². The van der Waals surface area contributed by atoms with Gasteiger partial charge in [0.05, 0.1) is 4.87 Å². The third-order valence-electron chi connectivity index (χ3n) is 3.68. The minimum atomic E-state index is 0.572. The molecule has 1 heterocycles. The Labute approximate surface area is 72.3 Å². The van der Waals surface area contributed by atoms with Crippen molar-refractivity contribution in [2.24, 2.45) is 11.8 Å². The Bertz CT molecular complexity index is 174. The van der Waals surface area contributed by atoms with Crippen molar-refractivity contribution in [2.45, 2.75) is 30.6 Å². The average molecular weight is 169 g/mol. The predicted molar refractivity (Wildman–Crippen MR) is 48.6 cm³/mol. The van der Waals surface area contributed by atoms with Crippen molar-refractivity contribution in [3.63, 3.8) is 0 Å². The van der Waals surface area contributed by atoms with Gasteiger partial charge in [-0.1, -0.05) is 0 Å². The highest BCUT2D eigenvalue weighted by molar-refractivity contribution is 8.00. The van der Waals surface area contributed by atoms with Gasteiger partial charge in [0.15, 0.2) is 0 Å². The van der Waals surface area contributed by atoms with Crippen LogP contribution in [0.1, 0.15) is 25.7 Å². The number of fused-ring (bicyclic) bond motifs is 3. The van der Waals surface area contributed by atoms with Gasteiger partial charge in [-0.25, -0.2) is 0 Å². The van der Waals surface area contributed by atoms with E-state index in [0.29, 0.717) is 4.87 Å². The number of nitrogens with one attached hydrogen (secondary N) is 1. The summed E-state index contributed by atoms with van der Waals surface area (Å²) in [7, 11) is 0. The van der Waals surface area contributed by atoms with E-state index in [1.165, 1.54) is 38.0 Å². The zero-order chi connectivity index (χ0) is 7.31. The lowest BCUT2D eigenvalue weighted by atomic mass is 9.95. The average Bonchev–Trinajstić information content (AvgIpc) is 2.64. The van der Waals surface area contributed by atoms with Gasteiger partial charge in [-0.15, -0.1) is 11.8 Å². The maximum absolute atomic E-state index is 3.73. The molecule has 0 amide bonds. The Hall–Kier alpha value is 0.310. The van der Waals surface area contributed by atoms with E-state index in [2.05, 4.69) is 17.1 Å². The first-order valence-electron chi connectivity index (χ1n) is 4.78. The van der Waals surface area contributed by atoms with Crippen molar-refractivity contribution in [1.29, 1.82) is 0 Å². The SMILES string of the molecule is C1CSC2(CC3CCC2C3)N1. The molecule has 0 radical (unpaired) electrons. The molecular weight excluding hydrogens is 154 g/mol. The quantitative estimate of drug-likeness (QED) is 0.594. The van der Waals surface area contributed by atoms with Crippen LogP contribution >= 0.6 is 11.8 Å². The van der Waals surface area contributed by atoms with E-state index in [9.17, 15) is 0 Å². The second-order valence-corrected chi connectivity index (χ2v) is 5.67. The van der Waals surface area contributed by atoms with E-state index in [1.807, 2.05) is 0 Å². The number of hydrogen-bond acceptors (Lipinski definition) is 2. The molecule has 11 heavy (non-hydrogen) atoms. The number of thioether (sulfide) groups is 1. The summed E-state index contributed by atoms with van der Waals surface area (Å²) < 4.78 is 0. The van der Waals surface area contributed by atoms with Crippen molar-refractivity contribution < 1.29 is 0 Å². The first-order chi connectivity index (χ1) is 5.39. The highest BCUT2D eigenvalue weighted by Gasteiger charge is 2.52. The molecule has 0 aromatic rings. The van der Waals surface area contributed by atoms with Crippen LogP contribution in [0.4, 0.5) is 0 Å². The molecule has 1 saturated heterocycles. The van der Waals surface area contributed by atoms with Gasteiger partial charge in [0, 0.05) is 12.3 Å². The molecule has 2 heteroatoms. The van der Waals surface area contributed by atoms with Gasteiger partial charge >= 0.3 is 0 Å². The fourth-order valence-corrected chi connectivity index (χ4v) is 4.80. The molecule has 2 aliphatic carbocycles. The lowest BCUT2D eigenvalue weighted by Gasteiger charge is -2.32. The van der Waals surface area contributed by atoms with Gasteiger partial charge in [0.2, 0.25) is 0 Å². The van der Waals surface area contributed by atoms with Crippen LogP contribution in [0.25, 0.3) is 0 Å².